The average Bonchev–Trinajstić information content (AvgIpc) is 2.32. The molecule has 0 N–H and O–H groups in total. The smallest absolute Gasteiger partial charge is 0.309 e. The molecule has 0 bridgehead atoms. The Hall–Kier alpha value is -1.83. The van der Waals surface area contributed by atoms with Gasteiger partial charge in [-0.15, -0.1) is 0 Å². The van der Waals surface area contributed by atoms with Crippen LogP contribution in [0.1, 0.15) is 19.3 Å². The summed E-state index contributed by atoms with van der Waals surface area (Å²) in [6.07, 6.45) is 3.96. The van der Waals surface area contributed by atoms with Gasteiger partial charge < -0.3 is 9.47 Å². The van der Waals surface area contributed by atoms with Crippen LogP contribution in [0.15, 0.2) is 12.2 Å². The summed E-state index contributed by atoms with van der Waals surface area (Å²) in [4.78, 5) is 21.6. The molecule has 0 spiro atoms. The second kappa shape index (κ2) is 8.48. The third-order valence-corrected chi connectivity index (χ3v) is 1.92. The third-order valence-electron chi connectivity index (χ3n) is 1.92. The minimum atomic E-state index is -0.415. The summed E-state index contributed by atoms with van der Waals surface area (Å²) in [6.45, 7) is 0. The predicted molar refractivity (Wildman–Crippen MR) is 56.1 cm³/mol. The molecule has 88 valence electrons. The molecule has 1 unspecified atom stereocenters. The Labute approximate surface area is 94.6 Å². The minimum Gasteiger partial charge on any atom is -0.469 e. The van der Waals surface area contributed by atoms with Gasteiger partial charge >= 0.3 is 11.9 Å². The molecule has 0 aromatic carbocycles. The minimum absolute atomic E-state index is 0.0650. The van der Waals surface area contributed by atoms with Gasteiger partial charge in [-0.3, -0.25) is 9.59 Å². The Morgan fingerprint density at radius 1 is 1.25 bits per heavy atom. The zero-order chi connectivity index (χ0) is 12.4. The van der Waals surface area contributed by atoms with Gasteiger partial charge in [-0.1, -0.05) is 12.2 Å². The number of nitriles is 1. The molecule has 16 heavy (non-hydrogen) atoms. The van der Waals surface area contributed by atoms with Gasteiger partial charge in [-0.2, -0.15) is 5.26 Å². The molecule has 0 rings (SSSR count). The maximum absolute atomic E-state index is 10.9. The van der Waals surface area contributed by atoms with E-state index in [-0.39, 0.29) is 18.8 Å². The maximum atomic E-state index is 10.9. The van der Waals surface area contributed by atoms with Crippen molar-refractivity contribution in [3.05, 3.63) is 12.2 Å². The van der Waals surface area contributed by atoms with E-state index < -0.39 is 11.9 Å². The summed E-state index contributed by atoms with van der Waals surface area (Å²) in [6, 6.07) is 2.00. The SMILES string of the molecule is COC(=O)C/C=C/CC(C#N)CC(=O)OC. The van der Waals surface area contributed by atoms with E-state index in [2.05, 4.69) is 9.47 Å². The lowest BCUT2D eigenvalue weighted by Crippen LogP contribution is -2.07. The van der Waals surface area contributed by atoms with Crippen LogP contribution in [0.2, 0.25) is 0 Å². The van der Waals surface area contributed by atoms with Crippen molar-refractivity contribution < 1.29 is 19.1 Å². The largest absolute Gasteiger partial charge is 0.469 e. The number of hydrogen-bond donors (Lipinski definition) is 0. The van der Waals surface area contributed by atoms with Crippen molar-refractivity contribution in [2.75, 3.05) is 14.2 Å². The summed E-state index contributed by atoms with van der Waals surface area (Å²) >= 11 is 0. The number of carbonyl (C=O) groups is 2. The lowest BCUT2D eigenvalue weighted by Gasteiger charge is -2.03. The highest BCUT2D eigenvalue weighted by atomic mass is 16.5. The Morgan fingerprint density at radius 2 is 1.88 bits per heavy atom. The van der Waals surface area contributed by atoms with Gasteiger partial charge in [0.2, 0.25) is 0 Å². The monoisotopic (exact) mass is 225 g/mol. The van der Waals surface area contributed by atoms with Crippen LogP contribution in [0.25, 0.3) is 0 Å². The zero-order valence-electron chi connectivity index (χ0n) is 9.43. The summed E-state index contributed by atoms with van der Waals surface area (Å²) in [5.41, 5.74) is 0. The van der Waals surface area contributed by atoms with Crippen molar-refractivity contribution in [1.29, 1.82) is 5.26 Å². The van der Waals surface area contributed by atoms with Gasteiger partial charge in [0.25, 0.3) is 0 Å². The highest BCUT2D eigenvalue weighted by molar-refractivity contribution is 5.71. The van der Waals surface area contributed by atoms with Crippen LogP contribution < -0.4 is 0 Å². The van der Waals surface area contributed by atoms with Crippen LogP contribution in [0.3, 0.4) is 0 Å². The first-order chi connectivity index (χ1) is 7.63. The van der Waals surface area contributed by atoms with Gasteiger partial charge in [0.05, 0.1) is 39.0 Å². The van der Waals surface area contributed by atoms with Crippen molar-refractivity contribution in [1.82, 2.24) is 0 Å². The van der Waals surface area contributed by atoms with Crippen LogP contribution >= 0.6 is 0 Å². The summed E-state index contributed by atoms with van der Waals surface area (Å²) in [5.74, 6) is -1.16. The molecule has 0 aliphatic carbocycles. The third kappa shape index (κ3) is 6.60. The molecule has 0 fully saturated rings. The fraction of sp³-hybridized carbons (Fsp3) is 0.545. The van der Waals surface area contributed by atoms with E-state index in [1.165, 1.54) is 14.2 Å². The van der Waals surface area contributed by atoms with E-state index in [4.69, 9.17) is 5.26 Å². The van der Waals surface area contributed by atoms with E-state index in [0.29, 0.717) is 6.42 Å². The fourth-order valence-electron chi connectivity index (χ4n) is 0.990. The Kier molecular flexibility index (Phi) is 7.51. The van der Waals surface area contributed by atoms with E-state index >= 15 is 0 Å². The normalized spacial score (nSPS) is 11.8. The number of allylic oxidation sites excluding steroid dienone is 1. The number of methoxy groups -OCH3 is 2. The Bertz CT molecular complexity index is 304. The Balaban J connectivity index is 3.92. The maximum Gasteiger partial charge on any atom is 0.309 e. The van der Waals surface area contributed by atoms with Crippen molar-refractivity contribution in [2.45, 2.75) is 19.3 Å². The average molecular weight is 225 g/mol. The number of ether oxygens (including phenoxy) is 2. The van der Waals surface area contributed by atoms with Gasteiger partial charge in [-0.05, 0) is 6.42 Å². The van der Waals surface area contributed by atoms with Crippen molar-refractivity contribution in [2.24, 2.45) is 5.92 Å². The van der Waals surface area contributed by atoms with Crippen LogP contribution in [0.5, 0.6) is 0 Å². The van der Waals surface area contributed by atoms with Crippen LogP contribution in [-0.2, 0) is 19.1 Å². The first kappa shape index (κ1) is 14.2. The van der Waals surface area contributed by atoms with E-state index in [1.807, 2.05) is 6.07 Å². The molecule has 1 atom stereocenters. The summed E-state index contributed by atoms with van der Waals surface area (Å²) < 4.78 is 8.89. The van der Waals surface area contributed by atoms with Crippen LogP contribution in [-0.4, -0.2) is 26.2 Å². The highest BCUT2D eigenvalue weighted by Crippen LogP contribution is 2.09. The van der Waals surface area contributed by atoms with Crippen molar-refractivity contribution in [3.63, 3.8) is 0 Å². The summed E-state index contributed by atoms with van der Waals surface area (Å²) in [5, 5.41) is 8.74. The van der Waals surface area contributed by atoms with E-state index in [9.17, 15) is 9.59 Å². The molecule has 5 nitrogen and oxygen atoms in total. The fourth-order valence-corrected chi connectivity index (χ4v) is 0.990. The number of esters is 2. The molecular weight excluding hydrogens is 210 g/mol. The second-order valence-corrected chi connectivity index (χ2v) is 3.09. The number of rotatable bonds is 6. The molecule has 0 radical (unpaired) electrons. The lowest BCUT2D eigenvalue weighted by atomic mass is 10.0. The number of carbonyl (C=O) groups excluding carboxylic acids is 2. The van der Waals surface area contributed by atoms with Gasteiger partial charge in [0, 0.05) is 0 Å². The van der Waals surface area contributed by atoms with Crippen LogP contribution in [0, 0.1) is 17.2 Å². The molecule has 0 aromatic heterocycles. The van der Waals surface area contributed by atoms with Crippen LogP contribution in [0.4, 0.5) is 0 Å². The van der Waals surface area contributed by atoms with E-state index in [0.717, 1.165) is 0 Å². The van der Waals surface area contributed by atoms with Gasteiger partial charge in [-0.25, -0.2) is 0 Å². The summed E-state index contributed by atoms with van der Waals surface area (Å²) in [7, 11) is 2.59. The molecule has 0 amide bonds. The first-order valence-electron chi connectivity index (χ1n) is 4.82. The first-order valence-corrected chi connectivity index (χ1v) is 4.82. The zero-order valence-corrected chi connectivity index (χ0v) is 9.43. The molecule has 0 heterocycles. The molecule has 5 heteroatoms. The highest BCUT2D eigenvalue weighted by Gasteiger charge is 2.11. The second-order valence-electron chi connectivity index (χ2n) is 3.09. The molecule has 0 aliphatic rings. The predicted octanol–water partition coefficient (Wildman–Crippen LogP) is 1.20. The van der Waals surface area contributed by atoms with Gasteiger partial charge in [0.1, 0.15) is 0 Å². The number of hydrogen-bond acceptors (Lipinski definition) is 5. The molecular formula is C11H15NO4. The van der Waals surface area contributed by atoms with Gasteiger partial charge in [0.15, 0.2) is 0 Å². The quantitative estimate of drug-likeness (QED) is 0.501. The molecule has 0 aromatic rings. The molecule has 0 saturated heterocycles. The molecule has 0 saturated carbocycles. The lowest BCUT2D eigenvalue weighted by molar-refractivity contribution is -0.141. The number of nitrogens with zero attached hydrogens (tertiary/aromatic N) is 1. The van der Waals surface area contributed by atoms with Crippen molar-refractivity contribution in [3.8, 4) is 6.07 Å². The standard InChI is InChI=1S/C11H15NO4/c1-15-10(13)6-4-3-5-9(8-12)7-11(14)16-2/h3-4,9H,5-7H2,1-2H3/b4-3+. The topological polar surface area (TPSA) is 76.4 Å². The van der Waals surface area contributed by atoms with Crippen molar-refractivity contribution >= 4 is 11.9 Å². The Morgan fingerprint density at radius 3 is 2.38 bits per heavy atom. The van der Waals surface area contributed by atoms with E-state index in [1.54, 1.807) is 12.2 Å². The molecule has 0 aliphatic heterocycles.